The van der Waals surface area contributed by atoms with Crippen LogP contribution in [0.4, 0.5) is 0 Å². The molecule has 0 aromatic heterocycles. The van der Waals surface area contributed by atoms with E-state index in [1.807, 2.05) is 6.08 Å². The highest BCUT2D eigenvalue weighted by molar-refractivity contribution is 5.91. The second kappa shape index (κ2) is 13.3. The summed E-state index contributed by atoms with van der Waals surface area (Å²) in [6.07, 6.45) is -1.50. The van der Waals surface area contributed by atoms with Gasteiger partial charge in [0, 0.05) is 11.5 Å². The van der Waals surface area contributed by atoms with Crippen LogP contribution in [0.2, 0.25) is 0 Å². The Bertz CT molecular complexity index is 1160. The number of aliphatic hydroxyl groups is 3. The molecule has 7 unspecified atom stereocenters. The molecule has 4 N–H and O–H groups in total. The van der Waals surface area contributed by atoms with Gasteiger partial charge in [0.25, 0.3) is 0 Å². The quantitative estimate of drug-likeness (QED) is 0.156. The second-order valence-corrected chi connectivity index (χ2v) is 10.2. The van der Waals surface area contributed by atoms with Crippen molar-refractivity contribution in [2.24, 2.45) is 5.92 Å². The normalized spacial score (nSPS) is 30.9. The van der Waals surface area contributed by atoms with E-state index in [9.17, 15) is 34.8 Å². The van der Waals surface area contributed by atoms with Crippen LogP contribution in [-0.4, -0.2) is 88.7 Å². The first-order valence-electron chi connectivity index (χ1n) is 13.1. The third-order valence-corrected chi connectivity index (χ3v) is 7.31. The summed E-state index contributed by atoms with van der Waals surface area (Å²) in [6.45, 7) is 3.38. The highest BCUT2D eigenvalue weighted by atomic mass is 16.7. The van der Waals surface area contributed by atoms with Gasteiger partial charge in [-0.05, 0) is 60.6 Å². The van der Waals surface area contributed by atoms with Crippen molar-refractivity contribution in [1.82, 2.24) is 0 Å². The molecule has 1 aromatic carbocycles. The van der Waals surface area contributed by atoms with Gasteiger partial charge in [-0.3, -0.25) is 9.59 Å². The summed E-state index contributed by atoms with van der Waals surface area (Å²) < 4.78 is 22.2. The van der Waals surface area contributed by atoms with Crippen molar-refractivity contribution in [3.05, 3.63) is 65.3 Å². The zero-order chi connectivity index (χ0) is 28.8. The minimum Gasteiger partial charge on any atom is -0.508 e. The number of ether oxygens (including phenoxy) is 4. The van der Waals surface area contributed by atoms with Crippen molar-refractivity contribution in [2.75, 3.05) is 13.2 Å². The lowest BCUT2D eigenvalue weighted by Crippen LogP contribution is -2.59. The van der Waals surface area contributed by atoms with E-state index in [-0.39, 0.29) is 24.7 Å². The summed E-state index contributed by atoms with van der Waals surface area (Å²) in [5, 5.41) is 40.6. The molecule has 1 aliphatic carbocycles. The summed E-state index contributed by atoms with van der Waals surface area (Å²) >= 11 is 0. The monoisotopic (exact) mass is 558 g/mol. The largest absolute Gasteiger partial charge is 0.508 e. The SMILES string of the molecule is C=C1C(=O)OC2C=C(COC3OC(COC(=O)Cc4ccc(O)cc4)C(O)C(O)C3O)CCC=C(C=O)CCC12. The third-order valence-electron chi connectivity index (χ3n) is 7.31. The van der Waals surface area contributed by atoms with E-state index in [0.29, 0.717) is 48.0 Å². The molecule has 216 valence electrons. The average Bonchev–Trinajstić information content (AvgIpc) is 3.21. The molecule has 11 heteroatoms. The molecule has 0 bridgehead atoms. The number of allylic oxidation sites excluding steroid dienone is 2. The molecule has 2 fully saturated rings. The lowest BCUT2D eigenvalue weighted by molar-refractivity contribution is -0.299. The Hall–Kier alpha value is -3.35. The summed E-state index contributed by atoms with van der Waals surface area (Å²) in [4.78, 5) is 35.9. The number of aliphatic hydroxyl groups excluding tert-OH is 3. The number of phenols is 1. The van der Waals surface area contributed by atoms with E-state index in [1.54, 1.807) is 18.2 Å². The first-order chi connectivity index (χ1) is 19.2. The lowest BCUT2D eigenvalue weighted by atomic mass is 9.88. The zero-order valence-electron chi connectivity index (χ0n) is 21.9. The van der Waals surface area contributed by atoms with Gasteiger partial charge in [0.1, 0.15) is 49.2 Å². The molecule has 0 spiro atoms. The Kier molecular flexibility index (Phi) is 9.88. The molecule has 0 saturated carbocycles. The number of phenolic OH excluding ortho intramolecular Hbond substituents is 1. The molecule has 4 rings (SSSR count). The van der Waals surface area contributed by atoms with Crippen molar-refractivity contribution >= 4 is 18.2 Å². The smallest absolute Gasteiger partial charge is 0.334 e. The van der Waals surface area contributed by atoms with E-state index in [0.717, 1.165) is 6.29 Å². The van der Waals surface area contributed by atoms with Crippen LogP contribution in [0.25, 0.3) is 0 Å². The van der Waals surface area contributed by atoms with E-state index < -0.39 is 55.4 Å². The van der Waals surface area contributed by atoms with Gasteiger partial charge >= 0.3 is 11.9 Å². The summed E-state index contributed by atoms with van der Waals surface area (Å²) in [7, 11) is 0. The minimum absolute atomic E-state index is 0.0601. The van der Waals surface area contributed by atoms with Gasteiger partial charge in [0.15, 0.2) is 6.29 Å². The Labute approximate surface area is 231 Å². The highest BCUT2D eigenvalue weighted by Gasteiger charge is 2.45. The Morgan fingerprint density at radius 2 is 1.85 bits per heavy atom. The predicted molar refractivity (Wildman–Crippen MR) is 139 cm³/mol. The molecule has 0 radical (unpaired) electrons. The molecule has 0 amide bonds. The van der Waals surface area contributed by atoms with Gasteiger partial charge < -0.3 is 39.4 Å². The van der Waals surface area contributed by atoms with Crippen molar-refractivity contribution < 1.29 is 53.8 Å². The molecule has 2 heterocycles. The molecule has 40 heavy (non-hydrogen) atoms. The fourth-order valence-corrected chi connectivity index (χ4v) is 4.92. The van der Waals surface area contributed by atoms with Gasteiger partial charge in [-0.2, -0.15) is 0 Å². The number of aldehydes is 1. The number of carbonyl (C=O) groups is 3. The van der Waals surface area contributed by atoms with Crippen LogP contribution in [0, 0.1) is 5.92 Å². The second-order valence-electron chi connectivity index (χ2n) is 10.2. The van der Waals surface area contributed by atoms with Crippen molar-refractivity contribution in [1.29, 1.82) is 0 Å². The predicted octanol–water partition coefficient (Wildman–Crippen LogP) is 1.03. The van der Waals surface area contributed by atoms with E-state index in [4.69, 9.17) is 18.9 Å². The van der Waals surface area contributed by atoms with Gasteiger partial charge in [0.2, 0.25) is 0 Å². The summed E-state index contributed by atoms with van der Waals surface area (Å²) in [5.41, 5.74) is 2.30. The third kappa shape index (κ3) is 7.23. The first-order valence-corrected chi connectivity index (χ1v) is 13.1. The van der Waals surface area contributed by atoms with Crippen LogP contribution < -0.4 is 0 Å². The maximum atomic E-state index is 12.3. The van der Waals surface area contributed by atoms with Gasteiger partial charge in [-0.15, -0.1) is 0 Å². The highest BCUT2D eigenvalue weighted by Crippen LogP contribution is 2.34. The summed E-state index contributed by atoms with van der Waals surface area (Å²) in [5.74, 6) is -1.34. The Balaban J connectivity index is 1.38. The maximum absolute atomic E-state index is 12.3. The molecule has 2 saturated heterocycles. The van der Waals surface area contributed by atoms with E-state index >= 15 is 0 Å². The number of benzene rings is 1. The number of hydrogen-bond acceptors (Lipinski definition) is 11. The number of aromatic hydroxyl groups is 1. The fourth-order valence-electron chi connectivity index (χ4n) is 4.92. The Morgan fingerprint density at radius 1 is 1.10 bits per heavy atom. The number of esters is 2. The topological polar surface area (TPSA) is 169 Å². The van der Waals surface area contributed by atoms with Gasteiger partial charge in [0.05, 0.1) is 13.0 Å². The number of fused-ring (bicyclic) bond motifs is 1. The average molecular weight is 559 g/mol. The molecular formula is C29H34O11. The number of rotatable bonds is 8. The number of hydrogen-bond donors (Lipinski definition) is 4. The van der Waals surface area contributed by atoms with Crippen LogP contribution in [0.5, 0.6) is 5.75 Å². The van der Waals surface area contributed by atoms with Crippen LogP contribution in [0.15, 0.2) is 59.7 Å². The summed E-state index contributed by atoms with van der Waals surface area (Å²) in [6, 6.07) is 6.02. The molecule has 11 nitrogen and oxygen atoms in total. The fraction of sp³-hybridized carbons (Fsp3) is 0.483. The van der Waals surface area contributed by atoms with Gasteiger partial charge in [-0.25, -0.2) is 4.79 Å². The van der Waals surface area contributed by atoms with Crippen molar-refractivity contribution in [2.45, 2.75) is 68.9 Å². The van der Waals surface area contributed by atoms with Crippen molar-refractivity contribution in [3.63, 3.8) is 0 Å². The van der Waals surface area contributed by atoms with E-state index in [1.165, 1.54) is 12.1 Å². The molecule has 1 aromatic rings. The van der Waals surface area contributed by atoms with Crippen LogP contribution in [0.3, 0.4) is 0 Å². The molecule has 3 aliphatic rings. The van der Waals surface area contributed by atoms with E-state index in [2.05, 4.69) is 6.58 Å². The molecule has 2 aliphatic heterocycles. The van der Waals surface area contributed by atoms with Crippen LogP contribution in [0.1, 0.15) is 31.2 Å². The minimum atomic E-state index is -1.63. The zero-order valence-corrected chi connectivity index (χ0v) is 21.9. The van der Waals surface area contributed by atoms with Crippen molar-refractivity contribution in [3.8, 4) is 5.75 Å². The molecule has 7 atom stereocenters. The maximum Gasteiger partial charge on any atom is 0.334 e. The van der Waals surface area contributed by atoms with Gasteiger partial charge in [-0.1, -0.05) is 24.8 Å². The Morgan fingerprint density at radius 3 is 2.58 bits per heavy atom. The first kappa shape index (κ1) is 29.6. The van der Waals surface area contributed by atoms with Crippen LogP contribution >= 0.6 is 0 Å². The molecular weight excluding hydrogens is 524 g/mol. The number of carbonyl (C=O) groups excluding carboxylic acids is 3. The standard InChI is InChI=1S/C29H34O11/c1-16-21-10-7-18(13-30)3-2-4-19(11-22(21)39-28(16)36)14-38-29-27(35)26(34)25(33)23(40-29)15-37-24(32)12-17-5-8-20(31)9-6-17/h3,5-6,8-9,11,13,21-23,25-27,29,31,33-35H,1-2,4,7,10,12,14-15H2. The lowest BCUT2D eigenvalue weighted by Gasteiger charge is -2.40. The van der Waals surface area contributed by atoms with Crippen LogP contribution in [-0.2, 0) is 39.8 Å².